The molecule has 1 aromatic carbocycles. The monoisotopic (exact) mass is 353 g/mol. The van der Waals surface area contributed by atoms with E-state index in [1.54, 1.807) is 0 Å². The standard InChI is InChI=1S/C22H27NO3/c1-13-10-16-17(22(5,6)8-7-21(16,3)4)11-15(13)9-14(2)19-12-18(20(24)25)23-26-19/h9-12H,7-8H2,1-6H3,(H,24,25)/b14-9+. The van der Waals surface area contributed by atoms with Crippen molar-refractivity contribution in [1.29, 1.82) is 0 Å². The van der Waals surface area contributed by atoms with E-state index in [9.17, 15) is 4.79 Å². The first-order chi connectivity index (χ1) is 12.0. The van der Waals surface area contributed by atoms with Gasteiger partial charge in [0, 0.05) is 6.07 Å². The fraction of sp³-hybridized carbons (Fsp3) is 0.455. The fourth-order valence-electron chi connectivity index (χ4n) is 3.76. The highest BCUT2D eigenvalue weighted by Crippen LogP contribution is 2.46. The van der Waals surface area contributed by atoms with E-state index in [0.717, 1.165) is 11.1 Å². The topological polar surface area (TPSA) is 63.3 Å². The Balaban J connectivity index is 2.07. The number of carboxylic acid groups (broad SMARTS) is 1. The SMILES string of the molecule is C/C(=C\c1cc2c(cc1C)C(C)(C)CCC2(C)C)c1cc(C(=O)O)no1. The fourth-order valence-corrected chi connectivity index (χ4v) is 3.76. The van der Waals surface area contributed by atoms with Crippen LogP contribution in [0.15, 0.2) is 22.7 Å². The highest BCUT2D eigenvalue weighted by molar-refractivity contribution is 5.87. The van der Waals surface area contributed by atoms with Crippen LogP contribution in [0, 0.1) is 6.92 Å². The molecule has 1 aliphatic rings. The zero-order valence-corrected chi connectivity index (χ0v) is 16.4. The Morgan fingerprint density at radius 2 is 1.69 bits per heavy atom. The molecule has 0 unspecified atom stereocenters. The van der Waals surface area contributed by atoms with Gasteiger partial charge < -0.3 is 9.63 Å². The molecule has 4 nitrogen and oxygen atoms in total. The van der Waals surface area contributed by atoms with Crippen molar-refractivity contribution in [1.82, 2.24) is 5.16 Å². The van der Waals surface area contributed by atoms with Crippen LogP contribution < -0.4 is 0 Å². The molecule has 26 heavy (non-hydrogen) atoms. The molecule has 0 fully saturated rings. The van der Waals surface area contributed by atoms with Gasteiger partial charge in [-0.2, -0.15) is 0 Å². The number of aryl methyl sites for hydroxylation is 1. The lowest BCUT2D eigenvalue weighted by Gasteiger charge is -2.42. The summed E-state index contributed by atoms with van der Waals surface area (Å²) in [6.45, 7) is 13.3. The van der Waals surface area contributed by atoms with E-state index < -0.39 is 5.97 Å². The predicted octanol–water partition coefficient (Wildman–Crippen LogP) is 5.59. The molecule has 0 spiro atoms. The number of nitrogens with zero attached hydrogens (tertiary/aromatic N) is 1. The summed E-state index contributed by atoms with van der Waals surface area (Å²) >= 11 is 0. The van der Waals surface area contributed by atoms with Gasteiger partial charge >= 0.3 is 5.97 Å². The maximum Gasteiger partial charge on any atom is 0.358 e. The summed E-state index contributed by atoms with van der Waals surface area (Å²) in [4.78, 5) is 11.0. The highest BCUT2D eigenvalue weighted by Gasteiger charge is 2.37. The van der Waals surface area contributed by atoms with Crippen LogP contribution >= 0.6 is 0 Å². The third-order valence-corrected chi connectivity index (χ3v) is 5.73. The molecule has 138 valence electrons. The lowest BCUT2D eigenvalue weighted by Crippen LogP contribution is -2.34. The highest BCUT2D eigenvalue weighted by atomic mass is 16.5. The molecule has 0 saturated heterocycles. The van der Waals surface area contributed by atoms with Crippen LogP contribution in [0.1, 0.15) is 86.0 Å². The first-order valence-electron chi connectivity index (χ1n) is 9.05. The third-order valence-electron chi connectivity index (χ3n) is 5.73. The lowest BCUT2D eigenvalue weighted by molar-refractivity contribution is 0.0685. The van der Waals surface area contributed by atoms with Crippen molar-refractivity contribution >= 4 is 17.6 Å². The van der Waals surface area contributed by atoms with Gasteiger partial charge in [-0.1, -0.05) is 45.0 Å². The van der Waals surface area contributed by atoms with E-state index in [1.807, 2.05) is 6.92 Å². The van der Waals surface area contributed by atoms with Gasteiger partial charge in [-0.25, -0.2) is 4.79 Å². The number of hydrogen-bond acceptors (Lipinski definition) is 3. The van der Waals surface area contributed by atoms with E-state index >= 15 is 0 Å². The Morgan fingerprint density at radius 1 is 1.12 bits per heavy atom. The van der Waals surface area contributed by atoms with E-state index in [0.29, 0.717) is 5.76 Å². The van der Waals surface area contributed by atoms with E-state index in [2.05, 4.69) is 58.0 Å². The molecule has 0 aliphatic heterocycles. The molecule has 0 saturated carbocycles. The number of fused-ring (bicyclic) bond motifs is 1. The predicted molar refractivity (Wildman–Crippen MR) is 103 cm³/mol. The average molecular weight is 353 g/mol. The van der Waals surface area contributed by atoms with Gasteiger partial charge in [0.1, 0.15) is 0 Å². The molecule has 1 N–H and O–H groups in total. The summed E-state index contributed by atoms with van der Waals surface area (Å²) in [6, 6.07) is 6.08. The van der Waals surface area contributed by atoms with Gasteiger partial charge in [-0.3, -0.25) is 0 Å². The Labute approximate surface area is 154 Å². The van der Waals surface area contributed by atoms with Crippen LogP contribution in [0.25, 0.3) is 11.6 Å². The maximum absolute atomic E-state index is 11.0. The quantitative estimate of drug-likeness (QED) is 0.781. The van der Waals surface area contributed by atoms with Gasteiger partial charge in [-0.05, 0) is 71.4 Å². The molecular formula is C22H27NO3. The van der Waals surface area contributed by atoms with Crippen LogP contribution in [0.5, 0.6) is 0 Å². The summed E-state index contributed by atoms with van der Waals surface area (Å²) in [6.07, 6.45) is 4.42. The second-order valence-electron chi connectivity index (χ2n) is 8.73. The minimum Gasteiger partial charge on any atom is -0.476 e. The second-order valence-corrected chi connectivity index (χ2v) is 8.73. The Bertz CT molecular complexity index is 900. The molecule has 0 amide bonds. The van der Waals surface area contributed by atoms with Crippen molar-refractivity contribution in [2.24, 2.45) is 0 Å². The molecule has 0 bridgehead atoms. The normalized spacial score (nSPS) is 18.5. The molecular weight excluding hydrogens is 326 g/mol. The van der Waals surface area contributed by atoms with Crippen molar-refractivity contribution in [2.75, 3.05) is 0 Å². The molecule has 1 heterocycles. The third kappa shape index (κ3) is 3.20. The Morgan fingerprint density at radius 3 is 2.23 bits per heavy atom. The molecule has 0 atom stereocenters. The number of hydrogen-bond donors (Lipinski definition) is 1. The van der Waals surface area contributed by atoms with E-state index in [4.69, 9.17) is 9.63 Å². The summed E-state index contributed by atoms with van der Waals surface area (Å²) in [5.41, 5.74) is 6.33. The lowest BCUT2D eigenvalue weighted by atomic mass is 9.62. The summed E-state index contributed by atoms with van der Waals surface area (Å²) in [5.74, 6) is -0.596. The number of aromatic carboxylic acids is 1. The first-order valence-corrected chi connectivity index (χ1v) is 9.05. The molecule has 1 aromatic heterocycles. The van der Waals surface area contributed by atoms with Crippen LogP contribution in [-0.4, -0.2) is 16.2 Å². The van der Waals surface area contributed by atoms with Crippen molar-refractivity contribution in [2.45, 2.75) is 65.2 Å². The van der Waals surface area contributed by atoms with Gasteiger partial charge in [0.05, 0.1) is 0 Å². The van der Waals surface area contributed by atoms with Gasteiger partial charge in [0.25, 0.3) is 0 Å². The number of carbonyl (C=O) groups is 1. The number of allylic oxidation sites excluding steroid dienone is 1. The molecule has 3 rings (SSSR count). The van der Waals surface area contributed by atoms with Crippen LogP contribution in [0.4, 0.5) is 0 Å². The molecule has 4 heteroatoms. The van der Waals surface area contributed by atoms with Gasteiger partial charge in [0.15, 0.2) is 11.5 Å². The van der Waals surface area contributed by atoms with Crippen LogP contribution in [0.3, 0.4) is 0 Å². The average Bonchev–Trinajstić information content (AvgIpc) is 3.04. The van der Waals surface area contributed by atoms with Crippen molar-refractivity contribution in [3.63, 3.8) is 0 Å². The number of carboxylic acids is 1. The maximum atomic E-state index is 11.0. The van der Waals surface area contributed by atoms with Gasteiger partial charge in [0.2, 0.25) is 0 Å². The molecule has 1 aliphatic carbocycles. The van der Waals surface area contributed by atoms with Crippen LogP contribution in [-0.2, 0) is 10.8 Å². The number of rotatable bonds is 3. The van der Waals surface area contributed by atoms with Crippen molar-refractivity contribution < 1.29 is 14.4 Å². The Kier molecular flexibility index (Phi) is 4.33. The molecule has 0 radical (unpaired) electrons. The molecule has 2 aromatic rings. The number of aromatic nitrogens is 1. The largest absolute Gasteiger partial charge is 0.476 e. The minimum atomic E-state index is -1.08. The van der Waals surface area contributed by atoms with Gasteiger partial charge in [-0.15, -0.1) is 0 Å². The summed E-state index contributed by atoms with van der Waals surface area (Å²) in [5, 5.41) is 12.6. The van der Waals surface area contributed by atoms with Crippen molar-refractivity contribution in [3.8, 4) is 0 Å². The van der Waals surface area contributed by atoms with E-state index in [-0.39, 0.29) is 16.5 Å². The number of benzene rings is 1. The smallest absolute Gasteiger partial charge is 0.358 e. The Hall–Kier alpha value is -2.36. The van der Waals surface area contributed by atoms with Crippen molar-refractivity contribution in [3.05, 3.63) is 51.9 Å². The minimum absolute atomic E-state index is 0.0715. The summed E-state index contributed by atoms with van der Waals surface area (Å²) < 4.78 is 5.19. The zero-order chi connectivity index (χ0) is 19.3. The van der Waals surface area contributed by atoms with Crippen LogP contribution in [0.2, 0.25) is 0 Å². The first kappa shape index (κ1) is 18.4. The summed E-state index contributed by atoms with van der Waals surface area (Å²) in [7, 11) is 0. The van der Waals surface area contributed by atoms with E-state index in [1.165, 1.54) is 35.6 Å². The second kappa shape index (κ2) is 6.11. The zero-order valence-electron chi connectivity index (χ0n) is 16.4.